The minimum absolute atomic E-state index is 0.00471. The van der Waals surface area contributed by atoms with Gasteiger partial charge in [0.05, 0.1) is 18.8 Å². The van der Waals surface area contributed by atoms with Gasteiger partial charge in [0.1, 0.15) is 19.0 Å². The van der Waals surface area contributed by atoms with E-state index in [9.17, 15) is 28.8 Å². The molecule has 1 aliphatic heterocycles. The average molecular weight is 731 g/mol. The van der Waals surface area contributed by atoms with Gasteiger partial charge >= 0.3 is 0 Å². The van der Waals surface area contributed by atoms with Crippen LogP contribution in [-0.4, -0.2) is 101 Å². The molecule has 1 saturated heterocycles. The second kappa shape index (κ2) is 22.7. The van der Waals surface area contributed by atoms with Crippen molar-refractivity contribution in [1.82, 2.24) is 25.2 Å². The zero-order valence-corrected chi connectivity index (χ0v) is 31.8. The molecular weight excluding hydrogens is 668 g/mol. The number of aromatic nitrogens is 3. The molecule has 1 aromatic heterocycles. The van der Waals surface area contributed by atoms with Gasteiger partial charge in [0, 0.05) is 75.2 Å². The highest BCUT2D eigenvalue weighted by Gasteiger charge is 2.37. The van der Waals surface area contributed by atoms with E-state index in [-0.39, 0.29) is 90.8 Å². The predicted octanol–water partition coefficient (Wildman–Crippen LogP) is 3.23. The second-order valence-electron chi connectivity index (χ2n) is 15.1. The molecule has 14 heteroatoms. The Balaban J connectivity index is 1.22. The highest BCUT2D eigenvalue weighted by molar-refractivity contribution is 6.03. The van der Waals surface area contributed by atoms with E-state index in [0.29, 0.717) is 65.0 Å². The van der Waals surface area contributed by atoms with Crippen LogP contribution in [0.5, 0.6) is 0 Å². The lowest BCUT2D eigenvalue weighted by Crippen LogP contribution is -2.40. The van der Waals surface area contributed by atoms with E-state index in [1.165, 1.54) is 4.90 Å². The number of hydrogen-bond donors (Lipinski definition) is 2. The Kier molecular flexibility index (Phi) is 18.8. The van der Waals surface area contributed by atoms with Crippen molar-refractivity contribution in [2.24, 2.45) is 35.3 Å². The third kappa shape index (κ3) is 14.9. The van der Waals surface area contributed by atoms with Gasteiger partial charge in [-0.15, -0.1) is 5.10 Å². The number of likely N-dealkylation sites (tertiary alicyclic amines) is 1. The molecule has 1 aliphatic carbocycles. The molecule has 0 aromatic carbocycles. The molecular formula is C38H62N6O8. The maximum atomic E-state index is 12.9. The minimum Gasteiger partial charge on any atom is -0.380 e. The lowest BCUT2D eigenvalue weighted by Gasteiger charge is -2.30. The largest absolute Gasteiger partial charge is 0.380 e. The van der Waals surface area contributed by atoms with Crippen LogP contribution in [0.25, 0.3) is 0 Å². The molecule has 2 aliphatic rings. The lowest BCUT2D eigenvalue weighted by atomic mass is 9.79. The molecule has 52 heavy (non-hydrogen) atoms. The first-order valence-electron chi connectivity index (χ1n) is 19.3. The molecule has 0 bridgehead atoms. The van der Waals surface area contributed by atoms with Gasteiger partial charge in [-0.2, -0.15) is 0 Å². The van der Waals surface area contributed by atoms with Crippen molar-refractivity contribution < 1.29 is 38.2 Å². The number of nitrogens with one attached hydrogen (secondary N) is 1. The van der Waals surface area contributed by atoms with Crippen LogP contribution in [0.2, 0.25) is 0 Å². The molecule has 0 spiro atoms. The minimum atomic E-state index is -0.439. The zero-order valence-electron chi connectivity index (χ0n) is 31.8. The van der Waals surface area contributed by atoms with Gasteiger partial charge in [0.15, 0.2) is 11.6 Å². The smallest absolute Gasteiger partial charge is 0.232 e. The maximum absolute atomic E-state index is 12.9. The van der Waals surface area contributed by atoms with Crippen LogP contribution in [0.1, 0.15) is 110 Å². The molecule has 2 heterocycles. The molecule has 2 fully saturated rings. The van der Waals surface area contributed by atoms with Gasteiger partial charge < -0.3 is 20.5 Å². The average Bonchev–Trinajstić information content (AvgIpc) is 3.67. The Hall–Kier alpha value is -3.36. The van der Waals surface area contributed by atoms with Crippen LogP contribution in [-0.2, 0) is 51.2 Å². The number of nitrogens with two attached hydrogens (primary N) is 1. The number of rotatable bonds is 26. The van der Waals surface area contributed by atoms with Crippen molar-refractivity contribution in [3.05, 3.63) is 11.9 Å². The monoisotopic (exact) mass is 730 g/mol. The Morgan fingerprint density at radius 2 is 1.69 bits per heavy atom. The standard InChI is InChI=1S/C38H62N6O8/c1-26(2)28(4)40-37(49)31(8-5-6-16-39)21-34(46)25-52-24-33(45)9-7-18-51-19-17-43-23-32(41-42-43)14-15-35(47)30-12-10-29(11-13-30)22-44-36(48)20-27(3)38(44)50/h23,26-31H,5-22,24-25,39H2,1-4H3,(H,40,49). The van der Waals surface area contributed by atoms with E-state index in [2.05, 4.69) is 15.6 Å². The van der Waals surface area contributed by atoms with E-state index < -0.39 is 5.92 Å². The molecule has 3 atom stereocenters. The van der Waals surface area contributed by atoms with Crippen molar-refractivity contribution in [2.45, 2.75) is 124 Å². The number of amides is 3. The van der Waals surface area contributed by atoms with Crippen LogP contribution in [0.15, 0.2) is 6.20 Å². The number of ketones is 3. The first kappa shape index (κ1) is 43.0. The highest BCUT2D eigenvalue weighted by Crippen LogP contribution is 2.32. The number of nitrogens with zero attached hydrogens (tertiary/aromatic N) is 4. The van der Waals surface area contributed by atoms with E-state index in [1.54, 1.807) is 11.6 Å². The summed E-state index contributed by atoms with van der Waals surface area (Å²) < 4.78 is 12.7. The molecule has 3 unspecified atom stereocenters. The molecule has 1 saturated carbocycles. The van der Waals surface area contributed by atoms with Crippen LogP contribution in [0.4, 0.5) is 0 Å². The zero-order chi connectivity index (χ0) is 38.0. The van der Waals surface area contributed by atoms with E-state index in [1.807, 2.05) is 27.0 Å². The van der Waals surface area contributed by atoms with Crippen molar-refractivity contribution >= 4 is 35.1 Å². The summed E-state index contributed by atoms with van der Waals surface area (Å²) in [6.45, 7) is 9.74. The number of unbranched alkanes of at least 4 members (excludes halogenated alkanes) is 1. The number of Topliss-reactive ketones (excluding diaryl/α,β-unsaturated/α-hetero) is 3. The fourth-order valence-corrected chi connectivity index (χ4v) is 6.67. The van der Waals surface area contributed by atoms with E-state index in [0.717, 1.165) is 44.2 Å². The summed E-state index contributed by atoms with van der Waals surface area (Å²) in [5.41, 5.74) is 6.34. The summed E-state index contributed by atoms with van der Waals surface area (Å²) >= 11 is 0. The number of ether oxygens (including phenoxy) is 2. The second-order valence-corrected chi connectivity index (χ2v) is 15.1. The van der Waals surface area contributed by atoms with Crippen LogP contribution >= 0.6 is 0 Å². The number of carbonyl (C=O) groups excluding carboxylic acids is 6. The SMILES string of the molecule is CC1CC(=O)N(CC2CCC(C(=O)CCc3cn(CCOCCCC(=O)COCC(=O)CC(CCCCN)C(=O)NC(C)C(C)C)nn3)CC2)C1=O. The number of imide groups is 1. The normalized spacial score (nSPS) is 20.3. The molecule has 3 rings (SSSR count). The van der Waals surface area contributed by atoms with Gasteiger partial charge in [-0.05, 0) is 70.3 Å². The number of aryl methyl sites for hydroxylation is 1. The van der Waals surface area contributed by atoms with Crippen LogP contribution in [0, 0.1) is 29.6 Å². The van der Waals surface area contributed by atoms with Crippen molar-refractivity contribution in [2.75, 3.05) is 39.5 Å². The highest BCUT2D eigenvalue weighted by atomic mass is 16.5. The fourth-order valence-electron chi connectivity index (χ4n) is 6.67. The fraction of sp³-hybridized carbons (Fsp3) is 0.789. The predicted molar refractivity (Wildman–Crippen MR) is 194 cm³/mol. The van der Waals surface area contributed by atoms with Gasteiger partial charge in [-0.25, -0.2) is 4.68 Å². The summed E-state index contributed by atoms with van der Waals surface area (Å²) in [6.07, 6.45) is 9.31. The summed E-state index contributed by atoms with van der Waals surface area (Å²) in [5, 5.41) is 11.3. The van der Waals surface area contributed by atoms with Gasteiger partial charge in [-0.3, -0.25) is 33.7 Å². The van der Waals surface area contributed by atoms with Crippen LogP contribution < -0.4 is 11.1 Å². The Morgan fingerprint density at radius 3 is 2.37 bits per heavy atom. The maximum Gasteiger partial charge on any atom is 0.232 e. The van der Waals surface area contributed by atoms with E-state index >= 15 is 0 Å². The molecule has 292 valence electrons. The van der Waals surface area contributed by atoms with Crippen LogP contribution in [0.3, 0.4) is 0 Å². The summed E-state index contributed by atoms with van der Waals surface area (Å²) in [4.78, 5) is 76.2. The van der Waals surface area contributed by atoms with Crippen molar-refractivity contribution in [3.8, 4) is 0 Å². The van der Waals surface area contributed by atoms with Crippen molar-refractivity contribution in [3.63, 3.8) is 0 Å². The first-order chi connectivity index (χ1) is 24.9. The molecule has 1 aromatic rings. The third-order valence-electron chi connectivity index (χ3n) is 10.4. The number of carbonyl (C=O) groups is 6. The summed E-state index contributed by atoms with van der Waals surface area (Å²) in [5.74, 6) is -0.474. The molecule has 3 amide bonds. The molecule has 0 radical (unpaired) electrons. The quantitative estimate of drug-likeness (QED) is 0.105. The Morgan fingerprint density at radius 1 is 0.962 bits per heavy atom. The Labute approximate surface area is 308 Å². The van der Waals surface area contributed by atoms with Gasteiger partial charge in [0.2, 0.25) is 17.7 Å². The topological polar surface area (TPSA) is 193 Å². The molecule has 3 N–H and O–H groups in total. The molecule has 14 nitrogen and oxygen atoms in total. The lowest BCUT2D eigenvalue weighted by molar-refractivity contribution is -0.140. The third-order valence-corrected chi connectivity index (χ3v) is 10.4. The van der Waals surface area contributed by atoms with E-state index in [4.69, 9.17) is 15.2 Å². The first-order valence-corrected chi connectivity index (χ1v) is 19.3. The Bertz CT molecular complexity index is 1320. The summed E-state index contributed by atoms with van der Waals surface area (Å²) in [7, 11) is 0. The number of hydrogen-bond acceptors (Lipinski definition) is 11. The van der Waals surface area contributed by atoms with Crippen molar-refractivity contribution in [1.29, 1.82) is 0 Å². The van der Waals surface area contributed by atoms with Gasteiger partial charge in [-0.1, -0.05) is 32.4 Å². The van der Waals surface area contributed by atoms with Gasteiger partial charge in [0.25, 0.3) is 0 Å². The summed E-state index contributed by atoms with van der Waals surface area (Å²) in [6, 6.07) is 0.00471.